The number of carbonyl (C=O) groups excluding carboxylic acids is 2. The number of aliphatic hydroxyl groups is 1. The number of esters is 1. The lowest BCUT2D eigenvalue weighted by atomic mass is 10.3. The second kappa shape index (κ2) is 6.71. The van der Waals surface area contributed by atoms with E-state index in [9.17, 15) is 14.7 Å². The zero-order valence-electron chi connectivity index (χ0n) is 11.4. The SMILES string of the molecule is COC(=O)C(O)CNC(=O)c1ccc(Cn2cccn2)o1. The van der Waals surface area contributed by atoms with Crippen LogP contribution in [0.4, 0.5) is 0 Å². The summed E-state index contributed by atoms with van der Waals surface area (Å²) >= 11 is 0. The van der Waals surface area contributed by atoms with Crippen molar-refractivity contribution in [3.8, 4) is 0 Å². The molecule has 0 aliphatic rings. The van der Waals surface area contributed by atoms with Gasteiger partial charge in [0.1, 0.15) is 5.76 Å². The Kier molecular flexibility index (Phi) is 4.72. The van der Waals surface area contributed by atoms with Crippen molar-refractivity contribution in [3.63, 3.8) is 0 Å². The van der Waals surface area contributed by atoms with Crippen LogP contribution in [0.15, 0.2) is 35.0 Å². The van der Waals surface area contributed by atoms with Crippen LogP contribution < -0.4 is 5.32 Å². The quantitative estimate of drug-likeness (QED) is 0.714. The maximum atomic E-state index is 11.8. The van der Waals surface area contributed by atoms with Crippen molar-refractivity contribution < 1.29 is 23.8 Å². The Morgan fingerprint density at radius 2 is 2.33 bits per heavy atom. The van der Waals surface area contributed by atoms with Gasteiger partial charge in [-0.15, -0.1) is 0 Å². The number of nitrogens with one attached hydrogen (secondary N) is 1. The predicted octanol–water partition coefficient (Wildman–Crippen LogP) is -0.212. The molecule has 0 saturated carbocycles. The van der Waals surface area contributed by atoms with E-state index in [2.05, 4.69) is 15.2 Å². The molecule has 0 fully saturated rings. The van der Waals surface area contributed by atoms with E-state index in [0.717, 1.165) is 7.11 Å². The number of methoxy groups -OCH3 is 1. The zero-order chi connectivity index (χ0) is 15.2. The van der Waals surface area contributed by atoms with E-state index in [1.54, 1.807) is 29.2 Å². The van der Waals surface area contributed by atoms with E-state index in [1.165, 1.54) is 6.07 Å². The molecule has 2 aromatic rings. The topological polar surface area (TPSA) is 107 Å². The van der Waals surface area contributed by atoms with Crippen LogP contribution in [0.25, 0.3) is 0 Å². The minimum atomic E-state index is -1.41. The van der Waals surface area contributed by atoms with Crippen LogP contribution >= 0.6 is 0 Å². The summed E-state index contributed by atoms with van der Waals surface area (Å²) in [5, 5.41) is 15.8. The lowest BCUT2D eigenvalue weighted by Crippen LogP contribution is -2.37. The van der Waals surface area contributed by atoms with Crippen LogP contribution in [-0.2, 0) is 16.1 Å². The van der Waals surface area contributed by atoms with Crippen molar-refractivity contribution in [2.75, 3.05) is 13.7 Å². The maximum Gasteiger partial charge on any atom is 0.336 e. The first kappa shape index (κ1) is 14.8. The van der Waals surface area contributed by atoms with Crippen molar-refractivity contribution in [2.24, 2.45) is 0 Å². The van der Waals surface area contributed by atoms with E-state index < -0.39 is 18.0 Å². The molecule has 2 heterocycles. The summed E-state index contributed by atoms with van der Waals surface area (Å²) in [7, 11) is 1.15. The number of hydrogen-bond acceptors (Lipinski definition) is 6. The van der Waals surface area contributed by atoms with Gasteiger partial charge in [0.05, 0.1) is 20.2 Å². The minimum absolute atomic E-state index is 0.0919. The first-order valence-corrected chi connectivity index (χ1v) is 6.20. The van der Waals surface area contributed by atoms with Gasteiger partial charge in [0.15, 0.2) is 11.9 Å². The van der Waals surface area contributed by atoms with Gasteiger partial charge in [0.2, 0.25) is 0 Å². The van der Waals surface area contributed by atoms with Crippen molar-refractivity contribution in [1.29, 1.82) is 0 Å². The standard InChI is InChI=1S/C13H15N3O5/c1-20-13(19)10(17)7-14-12(18)11-4-3-9(21-11)8-16-6-2-5-15-16/h2-6,10,17H,7-8H2,1H3,(H,14,18). The summed E-state index contributed by atoms with van der Waals surface area (Å²) < 4.78 is 11.4. The third-order valence-corrected chi connectivity index (χ3v) is 2.69. The van der Waals surface area contributed by atoms with Gasteiger partial charge in [-0.2, -0.15) is 5.10 Å². The molecule has 0 bridgehead atoms. The van der Waals surface area contributed by atoms with Gasteiger partial charge in [-0.25, -0.2) is 4.79 Å². The molecule has 0 spiro atoms. The third kappa shape index (κ3) is 3.93. The normalized spacial score (nSPS) is 11.9. The van der Waals surface area contributed by atoms with Crippen LogP contribution in [0.3, 0.4) is 0 Å². The van der Waals surface area contributed by atoms with E-state index in [0.29, 0.717) is 12.3 Å². The number of hydrogen-bond donors (Lipinski definition) is 2. The highest BCUT2D eigenvalue weighted by atomic mass is 16.5. The minimum Gasteiger partial charge on any atom is -0.467 e. The van der Waals surface area contributed by atoms with E-state index in [-0.39, 0.29) is 12.3 Å². The Labute approximate surface area is 120 Å². The lowest BCUT2D eigenvalue weighted by molar-refractivity contribution is -0.149. The summed E-state index contributed by atoms with van der Waals surface area (Å²) in [6, 6.07) is 4.96. The molecule has 2 aromatic heterocycles. The number of aromatic nitrogens is 2. The first-order chi connectivity index (χ1) is 10.1. The molecule has 0 aliphatic heterocycles. The van der Waals surface area contributed by atoms with Gasteiger partial charge in [0.25, 0.3) is 5.91 Å². The van der Waals surface area contributed by atoms with Crippen molar-refractivity contribution >= 4 is 11.9 Å². The molecule has 2 rings (SSSR count). The molecule has 0 radical (unpaired) electrons. The number of ether oxygens (including phenoxy) is 1. The molecule has 8 heteroatoms. The van der Waals surface area contributed by atoms with Gasteiger partial charge in [-0.05, 0) is 18.2 Å². The van der Waals surface area contributed by atoms with E-state index >= 15 is 0 Å². The summed E-state index contributed by atoms with van der Waals surface area (Å²) in [5.74, 6) is -0.676. The molecule has 1 atom stereocenters. The van der Waals surface area contributed by atoms with Crippen molar-refractivity contribution in [1.82, 2.24) is 15.1 Å². The Morgan fingerprint density at radius 1 is 1.52 bits per heavy atom. The first-order valence-electron chi connectivity index (χ1n) is 6.20. The van der Waals surface area contributed by atoms with Crippen molar-refractivity contribution in [3.05, 3.63) is 42.1 Å². The Balaban J connectivity index is 1.88. The average molecular weight is 293 g/mol. The molecular weight excluding hydrogens is 278 g/mol. The number of furan rings is 1. The van der Waals surface area contributed by atoms with Crippen LogP contribution in [0.2, 0.25) is 0 Å². The maximum absolute atomic E-state index is 11.8. The van der Waals surface area contributed by atoms with E-state index in [1.807, 2.05) is 0 Å². The number of amides is 1. The average Bonchev–Trinajstić information content (AvgIpc) is 3.15. The molecule has 1 unspecified atom stereocenters. The molecule has 0 saturated heterocycles. The Bertz CT molecular complexity index is 605. The molecule has 2 N–H and O–H groups in total. The summed E-state index contributed by atoms with van der Waals surface area (Å²) in [4.78, 5) is 22.8. The third-order valence-electron chi connectivity index (χ3n) is 2.69. The van der Waals surface area contributed by atoms with Crippen molar-refractivity contribution in [2.45, 2.75) is 12.6 Å². The van der Waals surface area contributed by atoms with Gasteiger partial charge >= 0.3 is 5.97 Å². The predicted molar refractivity (Wildman–Crippen MR) is 70.4 cm³/mol. The van der Waals surface area contributed by atoms with Gasteiger partial charge in [-0.1, -0.05) is 0 Å². The molecule has 0 aromatic carbocycles. The summed E-state index contributed by atoms with van der Waals surface area (Å²) in [5.41, 5.74) is 0. The molecule has 8 nitrogen and oxygen atoms in total. The highest BCUT2D eigenvalue weighted by molar-refractivity contribution is 5.91. The van der Waals surface area contributed by atoms with Gasteiger partial charge in [-0.3, -0.25) is 9.48 Å². The highest BCUT2D eigenvalue weighted by Gasteiger charge is 2.18. The molecular formula is C13H15N3O5. The van der Waals surface area contributed by atoms with Crippen LogP contribution in [0.5, 0.6) is 0 Å². The lowest BCUT2D eigenvalue weighted by Gasteiger charge is -2.08. The smallest absolute Gasteiger partial charge is 0.336 e. The molecule has 21 heavy (non-hydrogen) atoms. The number of carbonyl (C=O) groups is 2. The van der Waals surface area contributed by atoms with Crippen LogP contribution in [0, 0.1) is 0 Å². The highest BCUT2D eigenvalue weighted by Crippen LogP contribution is 2.09. The largest absolute Gasteiger partial charge is 0.467 e. The van der Waals surface area contributed by atoms with E-state index in [4.69, 9.17) is 4.42 Å². The van der Waals surface area contributed by atoms with Crippen LogP contribution in [-0.4, -0.2) is 46.5 Å². The Hall–Kier alpha value is -2.61. The van der Waals surface area contributed by atoms with Crippen LogP contribution in [0.1, 0.15) is 16.3 Å². The fourth-order valence-corrected chi connectivity index (χ4v) is 1.63. The summed E-state index contributed by atoms with van der Waals surface area (Å²) in [6.45, 7) is 0.158. The monoisotopic (exact) mass is 293 g/mol. The zero-order valence-corrected chi connectivity index (χ0v) is 11.4. The summed E-state index contributed by atoms with van der Waals surface area (Å²) in [6.07, 6.45) is 2.01. The second-order valence-corrected chi connectivity index (χ2v) is 4.22. The fourth-order valence-electron chi connectivity index (χ4n) is 1.63. The molecule has 112 valence electrons. The molecule has 0 aliphatic carbocycles. The second-order valence-electron chi connectivity index (χ2n) is 4.22. The number of aliphatic hydroxyl groups excluding tert-OH is 1. The van der Waals surface area contributed by atoms with Gasteiger partial charge < -0.3 is 19.6 Å². The van der Waals surface area contributed by atoms with Gasteiger partial charge in [0, 0.05) is 12.4 Å². The molecule has 1 amide bonds. The fraction of sp³-hybridized carbons (Fsp3) is 0.308. The number of rotatable bonds is 6. The Morgan fingerprint density at radius 3 is 3.00 bits per heavy atom. The number of nitrogens with zero attached hydrogens (tertiary/aromatic N) is 2.